The third-order valence-corrected chi connectivity index (χ3v) is 7.64. The molecule has 1 saturated carbocycles. The smallest absolute Gasteiger partial charge is 0.229 e. The number of anilines is 2. The zero-order valence-electron chi connectivity index (χ0n) is 20.6. The van der Waals surface area contributed by atoms with Crippen molar-refractivity contribution < 1.29 is 23.0 Å². The summed E-state index contributed by atoms with van der Waals surface area (Å²) in [6, 6.07) is 6.71. The van der Waals surface area contributed by atoms with E-state index < -0.39 is 23.4 Å². The lowest BCUT2D eigenvalue weighted by atomic mass is 9.74. The van der Waals surface area contributed by atoms with E-state index in [-0.39, 0.29) is 47.9 Å². The summed E-state index contributed by atoms with van der Waals surface area (Å²) < 4.78 is 51.1. The number of hydrogen-bond donors (Lipinski definition) is 3. The molecule has 11 heteroatoms. The second kappa shape index (κ2) is 9.33. The normalized spacial score (nSPS) is 24.8. The van der Waals surface area contributed by atoms with Crippen molar-refractivity contribution in [3.63, 3.8) is 0 Å². The van der Waals surface area contributed by atoms with Crippen molar-refractivity contribution in [1.82, 2.24) is 19.6 Å². The molecule has 198 valence electrons. The third-order valence-electron chi connectivity index (χ3n) is 7.64. The molecule has 1 aromatic carbocycles. The van der Waals surface area contributed by atoms with Gasteiger partial charge in [-0.15, -0.1) is 0 Å². The number of hydrogen-bond acceptors (Lipinski definition) is 7. The van der Waals surface area contributed by atoms with Gasteiger partial charge in [-0.3, -0.25) is 4.98 Å². The maximum Gasteiger partial charge on any atom is 0.229 e. The standard InChI is InChI=1S/C27H27F3N6O2/c1-14-6-15(7-21(31)25(14)37)18-4-5-32-11-23(18)34-26-33-10-17-2-3-22(35-36(17)26)24-19(28)8-16(9-20(24)29)27(30)12-38-13-27/h2-5,8-11,14-15,21,25,37H,6-7,12-13,31H2,1H3,(H,33,34)/t14-,15+,21+,25-/m0/s1. The van der Waals surface area contributed by atoms with Crippen LogP contribution in [-0.2, 0) is 10.4 Å². The van der Waals surface area contributed by atoms with E-state index in [0.717, 1.165) is 24.1 Å². The van der Waals surface area contributed by atoms with Gasteiger partial charge >= 0.3 is 0 Å². The molecule has 2 fully saturated rings. The average molecular weight is 525 g/mol. The van der Waals surface area contributed by atoms with Crippen LogP contribution in [0.2, 0.25) is 0 Å². The summed E-state index contributed by atoms with van der Waals surface area (Å²) >= 11 is 0. The summed E-state index contributed by atoms with van der Waals surface area (Å²) in [4.78, 5) is 8.65. The van der Waals surface area contributed by atoms with Gasteiger partial charge in [0.1, 0.15) is 11.6 Å². The first-order valence-corrected chi connectivity index (χ1v) is 12.5. The molecule has 3 aromatic heterocycles. The van der Waals surface area contributed by atoms with Crippen LogP contribution in [0.1, 0.15) is 36.8 Å². The Balaban J connectivity index is 1.34. The minimum absolute atomic E-state index is 0.0327. The van der Waals surface area contributed by atoms with Crippen LogP contribution < -0.4 is 11.1 Å². The molecule has 0 amide bonds. The topological polar surface area (TPSA) is 111 Å². The molecule has 0 radical (unpaired) electrons. The number of imidazole rings is 1. The van der Waals surface area contributed by atoms with Crippen LogP contribution in [0.25, 0.3) is 16.8 Å². The van der Waals surface area contributed by atoms with Crippen molar-refractivity contribution in [1.29, 1.82) is 0 Å². The van der Waals surface area contributed by atoms with Gasteiger partial charge in [0, 0.05) is 12.2 Å². The first kappa shape index (κ1) is 24.8. The SMILES string of the molecule is C[C@H]1C[C@@H](c2ccncc2Nc2ncc3ccc(-c4c(F)cc(C5(F)COC5)cc4F)nn23)C[C@@H](N)[C@H]1O. The maximum atomic E-state index is 15.0. The Bertz CT molecular complexity index is 1470. The average Bonchev–Trinajstić information content (AvgIpc) is 3.27. The van der Waals surface area contributed by atoms with E-state index in [9.17, 15) is 9.50 Å². The van der Waals surface area contributed by atoms with E-state index in [1.54, 1.807) is 24.7 Å². The molecule has 1 saturated heterocycles. The number of fused-ring (bicyclic) bond motifs is 1. The summed E-state index contributed by atoms with van der Waals surface area (Å²) in [5.41, 5.74) is 6.17. The van der Waals surface area contributed by atoms with Crippen molar-refractivity contribution in [2.75, 3.05) is 18.5 Å². The highest BCUT2D eigenvalue weighted by atomic mass is 19.1. The predicted molar refractivity (Wildman–Crippen MR) is 135 cm³/mol. The molecule has 4 heterocycles. The number of aliphatic hydroxyl groups is 1. The minimum Gasteiger partial charge on any atom is -0.391 e. The highest BCUT2D eigenvalue weighted by molar-refractivity contribution is 5.66. The highest BCUT2D eigenvalue weighted by Gasteiger charge is 2.42. The number of nitrogens with one attached hydrogen (secondary N) is 1. The van der Waals surface area contributed by atoms with Gasteiger partial charge in [0.2, 0.25) is 5.95 Å². The number of aliphatic hydroxyl groups excluding tert-OH is 1. The lowest BCUT2D eigenvalue weighted by Crippen LogP contribution is -2.44. The van der Waals surface area contributed by atoms with Crippen LogP contribution in [0.3, 0.4) is 0 Å². The summed E-state index contributed by atoms with van der Waals surface area (Å²) in [7, 11) is 0. The van der Waals surface area contributed by atoms with E-state index in [1.807, 2.05) is 13.0 Å². The molecule has 1 aliphatic carbocycles. The summed E-state index contributed by atoms with van der Waals surface area (Å²) in [6.07, 6.45) is 5.80. The van der Waals surface area contributed by atoms with Crippen molar-refractivity contribution in [3.8, 4) is 11.3 Å². The van der Waals surface area contributed by atoms with Gasteiger partial charge in [-0.1, -0.05) is 6.92 Å². The number of nitrogens with zero attached hydrogens (tertiary/aromatic N) is 4. The molecule has 1 aliphatic heterocycles. The van der Waals surface area contributed by atoms with Crippen LogP contribution >= 0.6 is 0 Å². The fraction of sp³-hybridized carbons (Fsp3) is 0.370. The molecular formula is C27H27F3N6O2. The Kier molecular flexibility index (Phi) is 6.09. The van der Waals surface area contributed by atoms with Crippen LogP contribution in [0.4, 0.5) is 24.8 Å². The molecule has 6 rings (SSSR count). The number of rotatable bonds is 5. The zero-order valence-corrected chi connectivity index (χ0v) is 20.6. The van der Waals surface area contributed by atoms with E-state index in [0.29, 0.717) is 23.6 Å². The van der Waals surface area contributed by atoms with Gasteiger partial charge in [0.05, 0.1) is 54.2 Å². The second-order valence-corrected chi connectivity index (χ2v) is 10.3. The van der Waals surface area contributed by atoms with Crippen molar-refractivity contribution in [2.24, 2.45) is 11.7 Å². The fourth-order valence-corrected chi connectivity index (χ4v) is 5.44. The number of ether oxygens (including phenoxy) is 1. The molecule has 8 nitrogen and oxygen atoms in total. The lowest BCUT2D eigenvalue weighted by molar-refractivity contribution is -0.135. The molecule has 38 heavy (non-hydrogen) atoms. The number of nitrogens with two attached hydrogens (primary N) is 1. The predicted octanol–water partition coefficient (Wildman–Crippen LogP) is 4.21. The Morgan fingerprint density at radius 1 is 1.13 bits per heavy atom. The number of pyridine rings is 1. The van der Waals surface area contributed by atoms with Crippen molar-refractivity contribution in [2.45, 2.75) is 43.5 Å². The highest BCUT2D eigenvalue weighted by Crippen LogP contribution is 2.40. The molecule has 0 bridgehead atoms. The van der Waals surface area contributed by atoms with Crippen LogP contribution in [-0.4, -0.2) is 50.0 Å². The van der Waals surface area contributed by atoms with Crippen LogP contribution in [0, 0.1) is 17.6 Å². The Morgan fingerprint density at radius 2 is 1.89 bits per heavy atom. The monoisotopic (exact) mass is 524 g/mol. The first-order chi connectivity index (χ1) is 18.2. The summed E-state index contributed by atoms with van der Waals surface area (Å²) in [5.74, 6) is -1.35. The van der Waals surface area contributed by atoms with Gasteiger partial charge < -0.3 is 20.9 Å². The van der Waals surface area contributed by atoms with Crippen LogP contribution in [0.15, 0.2) is 48.9 Å². The Hall–Kier alpha value is -3.54. The van der Waals surface area contributed by atoms with Crippen LogP contribution in [0.5, 0.6) is 0 Å². The lowest BCUT2D eigenvalue weighted by Gasteiger charge is -2.36. The fourth-order valence-electron chi connectivity index (χ4n) is 5.44. The van der Waals surface area contributed by atoms with E-state index in [2.05, 4.69) is 20.4 Å². The number of benzene rings is 1. The molecule has 4 N–H and O–H groups in total. The van der Waals surface area contributed by atoms with Gasteiger partial charge in [0.15, 0.2) is 5.67 Å². The van der Waals surface area contributed by atoms with Crippen molar-refractivity contribution in [3.05, 3.63) is 71.7 Å². The molecule has 2 aliphatic rings. The van der Waals surface area contributed by atoms with E-state index >= 15 is 8.78 Å². The van der Waals surface area contributed by atoms with E-state index in [4.69, 9.17) is 10.5 Å². The Labute approximate surface area is 216 Å². The summed E-state index contributed by atoms with van der Waals surface area (Å²) in [5, 5.41) is 18.0. The maximum absolute atomic E-state index is 15.0. The largest absolute Gasteiger partial charge is 0.391 e. The van der Waals surface area contributed by atoms with Gasteiger partial charge in [0.25, 0.3) is 0 Å². The third kappa shape index (κ3) is 4.20. The molecule has 4 aromatic rings. The minimum atomic E-state index is -1.89. The van der Waals surface area contributed by atoms with Gasteiger partial charge in [-0.2, -0.15) is 9.61 Å². The molecule has 0 unspecified atom stereocenters. The van der Waals surface area contributed by atoms with Gasteiger partial charge in [-0.25, -0.2) is 18.2 Å². The van der Waals surface area contributed by atoms with Gasteiger partial charge in [-0.05, 0) is 66.1 Å². The quantitative estimate of drug-likeness (QED) is 0.359. The Morgan fingerprint density at radius 3 is 2.58 bits per heavy atom. The zero-order chi connectivity index (χ0) is 26.6. The van der Waals surface area contributed by atoms with Crippen molar-refractivity contribution >= 4 is 17.2 Å². The van der Waals surface area contributed by atoms with E-state index in [1.165, 1.54) is 10.6 Å². The molecular weight excluding hydrogens is 497 g/mol. The molecule has 4 atom stereocenters. The number of aromatic nitrogens is 4. The molecule has 0 spiro atoms. The first-order valence-electron chi connectivity index (χ1n) is 12.5. The number of alkyl halides is 1. The summed E-state index contributed by atoms with van der Waals surface area (Å²) in [6.45, 7) is 1.51. The number of halogens is 3. The second-order valence-electron chi connectivity index (χ2n) is 10.3.